The van der Waals surface area contributed by atoms with Crippen molar-refractivity contribution in [3.05, 3.63) is 47.4 Å². The number of nitrogens with zero attached hydrogens (tertiary/aromatic N) is 1. The fraction of sp³-hybridized carbons (Fsp3) is 0.429. The number of carbonyl (C=O) groups is 1. The maximum absolute atomic E-state index is 12.3. The first-order valence-electron chi connectivity index (χ1n) is 9.36. The van der Waals surface area contributed by atoms with Gasteiger partial charge in [0, 0.05) is 11.5 Å². The maximum atomic E-state index is 12.3. The number of rotatable bonds is 9. The summed E-state index contributed by atoms with van der Waals surface area (Å²) in [6, 6.07) is 8.91. The second kappa shape index (κ2) is 8.75. The average molecular weight is 370 g/mol. The van der Waals surface area contributed by atoms with Gasteiger partial charge < -0.3 is 13.9 Å². The van der Waals surface area contributed by atoms with Crippen LogP contribution in [0.5, 0.6) is 11.5 Å². The minimum Gasteiger partial charge on any atom is -0.493 e. The number of ether oxygens (including phenoxy) is 2. The highest BCUT2D eigenvalue weighted by Crippen LogP contribution is 2.47. The van der Waals surface area contributed by atoms with E-state index in [4.69, 9.17) is 13.9 Å². The van der Waals surface area contributed by atoms with Crippen molar-refractivity contribution in [2.75, 3.05) is 13.7 Å². The Labute approximate surface area is 159 Å². The molecule has 2 aromatic rings. The van der Waals surface area contributed by atoms with Crippen LogP contribution >= 0.6 is 0 Å². The molecule has 0 saturated heterocycles. The van der Waals surface area contributed by atoms with Gasteiger partial charge >= 0.3 is 0 Å². The SMILES string of the molecule is CCCCOc1ccc(C(=O)N/N=C\c2ccc([C@H]3C[C@@H]3C)o2)cc1OC. The quantitative estimate of drug-likeness (QED) is 0.404. The summed E-state index contributed by atoms with van der Waals surface area (Å²) in [4.78, 5) is 12.3. The minimum atomic E-state index is -0.327. The lowest BCUT2D eigenvalue weighted by atomic mass is 10.2. The standard InChI is InChI=1S/C21H26N2O4/c1-4-5-10-26-19-8-6-15(12-20(19)25-3)21(24)23-22-13-16-7-9-18(27-16)17-11-14(17)2/h6-9,12-14,17H,4-5,10-11H2,1-3H3,(H,23,24)/b22-13-/t14-,17-/m0/s1. The first-order chi connectivity index (χ1) is 13.1. The number of furan rings is 1. The fourth-order valence-electron chi connectivity index (χ4n) is 2.83. The first-order valence-corrected chi connectivity index (χ1v) is 9.36. The van der Waals surface area contributed by atoms with E-state index in [0.717, 1.165) is 18.6 Å². The normalized spacial score (nSPS) is 18.5. The monoisotopic (exact) mass is 370 g/mol. The van der Waals surface area contributed by atoms with Crippen LogP contribution in [0.4, 0.5) is 0 Å². The van der Waals surface area contributed by atoms with Gasteiger partial charge in [-0.05, 0) is 49.1 Å². The van der Waals surface area contributed by atoms with Crippen LogP contribution in [0, 0.1) is 5.92 Å². The van der Waals surface area contributed by atoms with E-state index in [2.05, 4.69) is 24.4 Å². The smallest absolute Gasteiger partial charge is 0.271 e. The number of carbonyl (C=O) groups excluding carboxylic acids is 1. The van der Waals surface area contributed by atoms with Crippen molar-refractivity contribution in [3.8, 4) is 11.5 Å². The second-order valence-corrected chi connectivity index (χ2v) is 6.83. The lowest BCUT2D eigenvalue weighted by molar-refractivity contribution is 0.0954. The van der Waals surface area contributed by atoms with E-state index < -0.39 is 0 Å². The lowest BCUT2D eigenvalue weighted by Crippen LogP contribution is -2.17. The Morgan fingerprint density at radius 1 is 1.33 bits per heavy atom. The fourth-order valence-corrected chi connectivity index (χ4v) is 2.83. The van der Waals surface area contributed by atoms with E-state index in [9.17, 15) is 4.79 Å². The van der Waals surface area contributed by atoms with Crippen molar-refractivity contribution in [2.24, 2.45) is 11.0 Å². The number of amides is 1. The number of methoxy groups -OCH3 is 1. The molecule has 0 unspecified atom stereocenters. The molecule has 0 radical (unpaired) electrons. The van der Waals surface area contributed by atoms with Gasteiger partial charge in [0.2, 0.25) is 0 Å². The van der Waals surface area contributed by atoms with Gasteiger partial charge in [0.15, 0.2) is 11.5 Å². The van der Waals surface area contributed by atoms with Crippen LogP contribution in [0.2, 0.25) is 0 Å². The third kappa shape index (κ3) is 4.90. The Bertz CT molecular complexity index is 812. The van der Waals surface area contributed by atoms with Crippen molar-refractivity contribution < 1.29 is 18.7 Å². The number of hydrazone groups is 1. The van der Waals surface area contributed by atoms with E-state index in [0.29, 0.717) is 41.3 Å². The van der Waals surface area contributed by atoms with Crippen molar-refractivity contribution >= 4 is 12.1 Å². The summed E-state index contributed by atoms with van der Waals surface area (Å²) >= 11 is 0. The average Bonchev–Trinajstić information content (AvgIpc) is 3.22. The molecule has 1 saturated carbocycles. The first kappa shape index (κ1) is 19.0. The highest BCUT2D eigenvalue weighted by Gasteiger charge is 2.36. The Morgan fingerprint density at radius 3 is 2.85 bits per heavy atom. The van der Waals surface area contributed by atoms with Gasteiger partial charge in [0.1, 0.15) is 11.5 Å². The molecule has 1 aliphatic rings. The largest absolute Gasteiger partial charge is 0.493 e. The maximum Gasteiger partial charge on any atom is 0.271 e. The summed E-state index contributed by atoms with van der Waals surface area (Å²) in [6.07, 6.45) is 4.70. The zero-order chi connectivity index (χ0) is 19.2. The third-order valence-corrected chi connectivity index (χ3v) is 4.66. The number of benzene rings is 1. The zero-order valence-electron chi connectivity index (χ0n) is 16.0. The molecule has 1 N–H and O–H groups in total. The molecule has 144 valence electrons. The highest BCUT2D eigenvalue weighted by atomic mass is 16.5. The van der Waals surface area contributed by atoms with Crippen LogP contribution < -0.4 is 14.9 Å². The van der Waals surface area contributed by atoms with Crippen LogP contribution in [0.25, 0.3) is 0 Å². The Kier molecular flexibility index (Phi) is 6.16. The van der Waals surface area contributed by atoms with Gasteiger partial charge in [-0.1, -0.05) is 20.3 Å². The summed E-state index contributed by atoms with van der Waals surface area (Å²) < 4.78 is 16.7. The topological polar surface area (TPSA) is 73.1 Å². The molecule has 6 nitrogen and oxygen atoms in total. The summed E-state index contributed by atoms with van der Waals surface area (Å²) in [5.74, 6) is 3.64. The zero-order valence-corrected chi connectivity index (χ0v) is 16.0. The van der Waals surface area contributed by atoms with Crippen molar-refractivity contribution in [3.63, 3.8) is 0 Å². The van der Waals surface area contributed by atoms with E-state index >= 15 is 0 Å². The Balaban J connectivity index is 1.57. The summed E-state index contributed by atoms with van der Waals surface area (Å²) in [5.41, 5.74) is 2.95. The molecule has 1 heterocycles. The van der Waals surface area contributed by atoms with Crippen molar-refractivity contribution in [2.45, 2.75) is 39.0 Å². The van der Waals surface area contributed by atoms with Gasteiger partial charge in [-0.25, -0.2) is 5.43 Å². The molecular formula is C21H26N2O4. The number of hydrogen-bond acceptors (Lipinski definition) is 5. The molecular weight excluding hydrogens is 344 g/mol. The van der Waals surface area contributed by atoms with Gasteiger partial charge in [-0.3, -0.25) is 4.79 Å². The number of hydrogen-bond donors (Lipinski definition) is 1. The third-order valence-electron chi connectivity index (χ3n) is 4.66. The number of unbranched alkanes of at least 4 members (excludes halogenated alkanes) is 1. The van der Waals surface area contributed by atoms with Gasteiger partial charge in [-0.15, -0.1) is 0 Å². The number of nitrogens with one attached hydrogen (secondary N) is 1. The van der Waals surface area contributed by atoms with E-state index in [1.54, 1.807) is 25.3 Å². The minimum absolute atomic E-state index is 0.327. The van der Waals surface area contributed by atoms with Crippen LogP contribution in [0.1, 0.15) is 60.9 Å². The van der Waals surface area contributed by atoms with Gasteiger partial charge in [0.05, 0.1) is 19.9 Å². The molecule has 1 aliphatic carbocycles. The Hall–Kier alpha value is -2.76. The second-order valence-electron chi connectivity index (χ2n) is 6.83. The molecule has 1 amide bonds. The predicted octanol–water partition coefficient (Wildman–Crippen LogP) is 4.35. The summed E-state index contributed by atoms with van der Waals surface area (Å²) in [7, 11) is 1.55. The lowest BCUT2D eigenvalue weighted by Gasteiger charge is -2.11. The summed E-state index contributed by atoms with van der Waals surface area (Å²) in [6.45, 7) is 4.92. The molecule has 0 bridgehead atoms. The van der Waals surface area contributed by atoms with Crippen molar-refractivity contribution in [1.82, 2.24) is 5.43 Å². The van der Waals surface area contributed by atoms with Crippen LogP contribution in [-0.2, 0) is 0 Å². The molecule has 0 aliphatic heterocycles. The molecule has 1 aromatic heterocycles. The highest BCUT2D eigenvalue weighted by molar-refractivity contribution is 5.95. The van der Waals surface area contributed by atoms with Crippen LogP contribution in [-0.4, -0.2) is 25.8 Å². The Morgan fingerprint density at radius 2 is 2.15 bits per heavy atom. The summed E-state index contributed by atoms with van der Waals surface area (Å²) in [5, 5.41) is 3.98. The molecule has 2 atom stereocenters. The van der Waals surface area contributed by atoms with E-state index in [-0.39, 0.29) is 5.91 Å². The van der Waals surface area contributed by atoms with Gasteiger partial charge in [-0.2, -0.15) is 5.10 Å². The van der Waals surface area contributed by atoms with E-state index in [1.807, 2.05) is 12.1 Å². The molecule has 1 fully saturated rings. The van der Waals surface area contributed by atoms with Crippen LogP contribution in [0.3, 0.4) is 0 Å². The molecule has 27 heavy (non-hydrogen) atoms. The molecule has 6 heteroatoms. The molecule has 0 spiro atoms. The van der Waals surface area contributed by atoms with Crippen LogP contribution in [0.15, 0.2) is 39.9 Å². The van der Waals surface area contributed by atoms with Gasteiger partial charge in [0.25, 0.3) is 5.91 Å². The molecule has 3 rings (SSSR count). The van der Waals surface area contributed by atoms with Crippen molar-refractivity contribution in [1.29, 1.82) is 0 Å². The predicted molar refractivity (Wildman–Crippen MR) is 104 cm³/mol. The molecule has 1 aromatic carbocycles. The van der Waals surface area contributed by atoms with E-state index in [1.165, 1.54) is 12.6 Å².